The quantitative estimate of drug-likeness (QED) is 0.829. The first-order valence-electron chi connectivity index (χ1n) is 7.91. The SMILES string of the molecule is CCNC(C)c1ccccc1N(Cc1ccco1)C1CC1. The average Bonchev–Trinajstić information content (AvgIpc) is 3.22. The van der Waals surface area contributed by atoms with E-state index >= 15 is 0 Å². The van der Waals surface area contributed by atoms with Crippen LogP contribution >= 0.6 is 0 Å². The van der Waals surface area contributed by atoms with E-state index in [1.807, 2.05) is 6.07 Å². The lowest BCUT2D eigenvalue weighted by Gasteiger charge is -2.28. The van der Waals surface area contributed by atoms with E-state index in [1.54, 1.807) is 6.26 Å². The number of hydrogen-bond acceptors (Lipinski definition) is 3. The Kier molecular flexibility index (Phi) is 4.30. The van der Waals surface area contributed by atoms with Crippen molar-refractivity contribution in [3.8, 4) is 0 Å². The van der Waals surface area contributed by atoms with Gasteiger partial charge in [-0.3, -0.25) is 0 Å². The van der Waals surface area contributed by atoms with Crippen LogP contribution in [0.5, 0.6) is 0 Å². The first-order valence-corrected chi connectivity index (χ1v) is 7.91. The number of anilines is 1. The van der Waals surface area contributed by atoms with Crippen molar-refractivity contribution in [1.82, 2.24) is 5.32 Å². The Balaban J connectivity index is 1.88. The molecule has 3 rings (SSSR count). The van der Waals surface area contributed by atoms with Crippen LogP contribution in [-0.2, 0) is 6.54 Å². The molecule has 1 aliphatic rings. The van der Waals surface area contributed by atoms with E-state index in [2.05, 4.69) is 54.4 Å². The molecule has 2 aromatic rings. The van der Waals surface area contributed by atoms with E-state index in [1.165, 1.54) is 24.1 Å². The highest BCUT2D eigenvalue weighted by atomic mass is 16.3. The molecule has 21 heavy (non-hydrogen) atoms. The topological polar surface area (TPSA) is 28.4 Å². The van der Waals surface area contributed by atoms with Gasteiger partial charge in [0.05, 0.1) is 12.8 Å². The van der Waals surface area contributed by atoms with Crippen LogP contribution in [0.1, 0.15) is 44.1 Å². The summed E-state index contributed by atoms with van der Waals surface area (Å²) in [5, 5.41) is 3.53. The molecule has 0 amide bonds. The molecule has 1 heterocycles. The Morgan fingerprint density at radius 2 is 2.05 bits per heavy atom. The van der Waals surface area contributed by atoms with E-state index < -0.39 is 0 Å². The third-order valence-corrected chi connectivity index (χ3v) is 4.12. The molecule has 3 nitrogen and oxygen atoms in total. The third-order valence-electron chi connectivity index (χ3n) is 4.12. The average molecular weight is 284 g/mol. The fraction of sp³-hybridized carbons (Fsp3) is 0.444. The number of hydrogen-bond donors (Lipinski definition) is 1. The van der Waals surface area contributed by atoms with Crippen molar-refractivity contribution in [3.63, 3.8) is 0 Å². The van der Waals surface area contributed by atoms with Crippen LogP contribution in [0.25, 0.3) is 0 Å². The molecule has 1 atom stereocenters. The van der Waals surface area contributed by atoms with Crippen LogP contribution in [0.2, 0.25) is 0 Å². The van der Waals surface area contributed by atoms with Crippen LogP contribution in [0, 0.1) is 0 Å². The molecular weight excluding hydrogens is 260 g/mol. The molecule has 0 saturated heterocycles. The molecular formula is C18H24N2O. The van der Waals surface area contributed by atoms with Gasteiger partial charge in [-0.2, -0.15) is 0 Å². The molecule has 1 aliphatic carbocycles. The first kappa shape index (κ1) is 14.2. The summed E-state index contributed by atoms with van der Waals surface area (Å²) in [5.74, 6) is 1.04. The lowest BCUT2D eigenvalue weighted by molar-refractivity contribution is 0.500. The predicted octanol–water partition coefficient (Wildman–Crippen LogP) is 4.12. The van der Waals surface area contributed by atoms with Crippen molar-refractivity contribution in [2.24, 2.45) is 0 Å². The van der Waals surface area contributed by atoms with E-state index in [0.717, 1.165) is 18.8 Å². The zero-order valence-electron chi connectivity index (χ0n) is 12.9. The first-order chi connectivity index (χ1) is 10.3. The van der Waals surface area contributed by atoms with Crippen LogP contribution in [0.3, 0.4) is 0 Å². The Hall–Kier alpha value is -1.74. The fourth-order valence-corrected chi connectivity index (χ4v) is 2.90. The lowest BCUT2D eigenvalue weighted by Crippen LogP contribution is -2.28. The minimum Gasteiger partial charge on any atom is -0.467 e. The fourth-order valence-electron chi connectivity index (χ4n) is 2.90. The van der Waals surface area contributed by atoms with Crippen LogP contribution in [0.4, 0.5) is 5.69 Å². The van der Waals surface area contributed by atoms with Crippen molar-refractivity contribution >= 4 is 5.69 Å². The van der Waals surface area contributed by atoms with E-state index in [0.29, 0.717) is 12.1 Å². The summed E-state index contributed by atoms with van der Waals surface area (Å²) < 4.78 is 5.55. The molecule has 1 unspecified atom stereocenters. The molecule has 0 spiro atoms. The minimum absolute atomic E-state index is 0.365. The highest BCUT2D eigenvalue weighted by molar-refractivity contribution is 5.56. The summed E-state index contributed by atoms with van der Waals surface area (Å²) in [7, 11) is 0. The second kappa shape index (κ2) is 6.35. The molecule has 3 heteroatoms. The normalized spacial score (nSPS) is 15.9. The van der Waals surface area contributed by atoms with Gasteiger partial charge >= 0.3 is 0 Å². The maximum Gasteiger partial charge on any atom is 0.123 e. The zero-order chi connectivity index (χ0) is 14.7. The number of para-hydroxylation sites is 1. The summed E-state index contributed by atoms with van der Waals surface area (Å²) in [6.07, 6.45) is 4.32. The highest BCUT2D eigenvalue weighted by Crippen LogP contribution is 2.36. The maximum absolute atomic E-state index is 5.55. The number of nitrogens with one attached hydrogen (secondary N) is 1. The van der Waals surface area contributed by atoms with Crippen molar-refractivity contribution in [2.45, 2.75) is 45.3 Å². The third kappa shape index (κ3) is 3.30. The summed E-state index contributed by atoms with van der Waals surface area (Å²) >= 11 is 0. The molecule has 1 fully saturated rings. The second-order valence-corrected chi connectivity index (χ2v) is 5.78. The van der Waals surface area contributed by atoms with E-state index in [9.17, 15) is 0 Å². The molecule has 1 aromatic heterocycles. The predicted molar refractivity (Wildman–Crippen MR) is 86.4 cm³/mol. The standard InChI is InChI=1S/C18H24N2O/c1-3-19-14(2)17-8-4-5-9-18(17)20(15-10-11-15)13-16-7-6-12-21-16/h4-9,12,14-15,19H,3,10-11,13H2,1-2H3. The monoisotopic (exact) mass is 284 g/mol. The smallest absolute Gasteiger partial charge is 0.123 e. The van der Waals surface area contributed by atoms with Crippen LogP contribution in [-0.4, -0.2) is 12.6 Å². The zero-order valence-corrected chi connectivity index (χ0v) is 12.9. The van der Waals surface area contributed by atoms with Crippen molar-refractivity contribution < 1.29 is 4.42 Å². The highest BCUT2D eigenvalue weighted by Gasteiger charge is 2.31. The lowest BCUT2D eigenvalue weighted by atomic mass is 10.0. The van der Waals surface area contributed by atoms with Crippen molar-refractivity contribution in [2.75, 3.05) is 11.4 Å². The molecule has 1 aromatic carbocycles. The summed E-state index contributed by atoms with van der Waals surface area (Å²) in [5.41, 5.74) is 2.71. The van der Waals surface area contributed by atoms with E-state index in [-0.39, 0.29) is 0 Å². The van der Waals surface area contributed by atoms with Crippen molar-refractivity contribution in [1.29, 1.82) is 0 Å². The van der Waals surface area contributed by atoms with Gasteiger partial charge in [0.1, 0.15) is 5.76 Å². The Labute approximate surface area is 127 Å². The molecule has 112 valence electrons. The molecule has 1 N–H and O–H groups in total. The number of rotatable bonds is 7. The molecule has 0 aliphatic heterocycles. The van der Waals surface area contributed by atoms with Gasteiger partial charge in [-0.05, 0) is 50.1 Å². The molecule has 0 bridgehead atoms. The molecule has 1 saturated carbocycles. The van der Waals surface area contributed by atoms with Crippen LogP contribution in [0.15, 0.2) is 47.1 Å². The Bertz CT molecular complexity index is 560. The van der Waals surface area contributed by atoms with Gasteiger partial charge in [0, 0.05) is 17.8 Å². The Morgan fingerprint density at radius 3 is 2.71 bits per heavy atom. The van der Waals surface area contributed by atoms with Gasteiger partial charge in [-0.1, -0.05) is 25.1 Å². The van der Waals surface area contributed by atoms with Gasteiger partial charge in [0.2, 0.25) is 0 Å². The summed E-state index contributed by atoms with van der Waals surface area (Å²) in [4.78, 5) is 2.50. The largest absolute Gasteiger partial charge is 0.467 e. The van der Waals surface area contributed by atoms with Crippen LogP contribution < -0.4 is 10.2 Å². The molecule has 0 radical (unpaired) electrons. The van der Waals surface area contributed by atoms with Gasteiger partial charge in [0.15, 0.2) is 0 Å². The minimum atomic E-state index is 0.365. The second-order valence-electron chi connectivity index (χ2n) is 5.78. The Morgan fingerprint density at radius 1 is 1.24 bits per heavy atom. The summed E-state index contributed by atoms with van der Waals surface area (Å²) in [6, 6.07) is 13.8. The number of nitrogens with zero attached hydrogens (tertiary/aromatic N) is 1. The van der Waals surface area contributed by atoms with Crippen molar-refractivity contribution in [3.05, 3.63) is 54.0 Å². The number of furan rings is 1. The number of benzene rings is 1. The van der Waals surface area contributed by atoms with Gasteiger partial charge < -0.3 is 14.6 Å². The van der Waals surface area contributed by atoms with Gasteiger partial charge in [-0.15, -0.1) is 0 Å². The van der Waals surface area contributed by atoms with Gasteiger partial charge in [-0.25, -0.2) is 0 Å². The maximum atomic E-state index is 5.55. The summed E-state index contributed by atoms with van der Waals surface area (Å²) in [6.45, 7) is 6.23. The van der Waals surface area contributed by atoms with E-state index in [4.69, 9.17) is 4.42 Å². The van der Waals surface area contributed by atoms with Gasteiger partial charge in [0.25, 0.3) is 0 Å².